The van der Waals surface area contributed by atoms with Crippen LogP contribution in [0.2, 0.25) is 0 Å². The molecule has 0 saturated carbocycles. The molecule has 0 atom stereocenters. The molecule has 2 aromatic rings. The van der Waals surface area contributed by atoms with Crippen LogP contribution in [0.25, 0.3) is 6.08 Å². The maximum Gasteiger partial charge on any atom is 0.338 e. The normalized spacial score (nSPS) is 15.8. The van der Waals surface area contributed by atoms with E-state index in [2.05, 4.69) is 26.8 Å². The van der Waals surface area contributed by atoms with Crippen LogP contribution in [0, 0.1) is 12.3 Å². The van der Waals surface area contributed by atoms with Crippen LogP contribution < -0.4 is 4.74 Å². The van der Waals surface area contributed by atoms with Gasteiger partial charge in [0.05, 0.1) is 22.8 Å². The number of nitrogens with zero attached hydrogens (tertiary/aromatic N) is 2. The number of amidine groups is 1. The molecule has 1 fully saturated rings. The minimum atomic E-state index is -0.410. The number of terminal acetylenes is 1. The maximum absolute atomic E-state index is 13.0. The summed E-state index contributed by atoms with van der Waals surface area (Å²) in [6, 6.07) is 12.3. The van der Waals surface area contributed by atoms with Crippen LogP contribution in [-0.4, -0.2) is 41.7 Å². The third kappa shape index (κ3) is 5.61. The van der Waals surface area contributed by atoms with E-state index in [0.29, 0.717) is 40.2 Å². The van der Waals surface area contributed by atoms with Gasteiger partial charge in [-0.1, -0.05) is 27.9 Å². The van der Waals surface area contributed by atoms with Gasteiger partial charge in [0.25, 0.3) is 5.91 Å². The van der Waals surface area contributed by atoms with E-state index in [0.717, 1.165) is 10.0 Å². The Kier molecular flexibility index (Phi) is 8.14. The van der Waals surface area contributed by atoms with Crippen molar-refractivity contribution < 1.29 is 19.1 Å². The molecule has 1 amide bonds. The fourth-order valence-electron chi connectivity index (χ4n) is 2.92. The number of carbonyl (C=O) groups is 2. The molecule has 0 unspecified atom stereocenters. The number of carbonyl (C=O) groups excluding carboxylic acids is 2. The summed E-state index contributed by atoms with van der Waals surface area (Å²) in [6.45, 7) is 4.51. The molecule has 164 valence electrons. The lowest BCUT2D eigenvalue weighted by atomic mass is 10.2. The summed E-state index contributed by atoms with van der Waals surface area (Å²) in [6.07, 6.45) is 7.07. The quantitative estimate of drug-likeness (QED) is 0.287. The van der Waals surface area contributed by atoms with Gasteiger partial charge in [-0.3, -0.25) is 9.69 Å². The van der Waals surface area contributed by atoms with Crippen molar-refractivity contribution in [2.24, 2.45) is 4.99 Å². The Balaban J connectivity index is 1.94. The Hall–Kier alpha value is -3.02. The highest BCUT2D eigenvalue weighted by atomic mass is 79.9. The first-order valence-electron chi connectivity index (χ1n) is 9.89. The van der Waals surface area contributed by atoms with Crippen LogP contribution in [-0.2, 0) is 9.53 Å². The van der Waals surface area contributed by atoms with Crippen LogP contribution >= 0.6 is 27.7 Å². The Morgan fingerprint density at radius 3 is 2.81 bits per heavy atom. The van der Waals surface area contributed by atoms with E-state index in [1.807, 2.05) is 19.1 Å². The first-order chi connectivity index (χ1) is 15.5. The number of halogens is 1. The monoisotopic (exact) mass is 512 g/mol. The second-order valence-corrected chi connectivity index (χ2v) is 8.42. The number of likely N-dealkylation sites (N-methyl/N-ethyl adjacent to an activating group) is 1. The van der Waals surface area contributed by atoms with Crippen LogP contribution in [0.3, 0.4) is 0 Å². The summed E-state index contributed by atoms with van der Waals surface area (Å²) in [4.78, 5) is 31.7. The highest BCUT2D eigenvalue weighted by Crippen LogP contribution is 2.36. The Bertz CT molecular complexity index is 1140. The van der Waals surface area contributed by atoms with Gasteiger partial charge in [-0.05, 0) is 68.1 Å². The molecule has 8 heteroatoms. The molecule has 1 aliphatic heterocycles. The second-order valence-electron chi connectivity index (χ2n) is 6.50. The number of esters is 1. The number of benzene rings is 2. The fraction of sp³-hybridized carbons (Fsp3) is 0.208. The van der Waals surface area contributed by atoms with Crippen molar-refractivity contribution in [3.63, 3.8) is 0 Å². The molecule has 32 heavy (non-hydrogen) atoms. The zero-order valence-electron chi connectivity index (χ0n) is 17.6. The van der Waals surface area contributed by atoms with Crippen molar-refractivity contribution in [2.45, 2.75) is 13.8 Å². The molecule has 0 spiro atoms. The Labute approximate surface area is 199 Å². The van der Waals surface area contributed by atoms with Crippen molar-refractivity contribution in [3.8, 4) is 18.1 Å². The van der Waals surface area contributed by atoms with Gasteiger partial charge in [-0.2, -0.15) is 0 Å². The number of aliphatic imine (C=N–C) groups is 1. The van der Waals surface area contributed by atoms with Gasteiger partial charge in [0.15, 0.2) is 5.17 Å². The van der Waals surface area contributed by atoms with Crippen molar-refractivity contribution in [1.29, 1.82) is 0 Å². The van der Waals surface area contributed by atoms with Crippen molar-refractivity contribution in [3.05, 3.63) is 63.0 Å². The summed E-state index contributed by atoms with van der Waals surface area (Å²) in [5.74, 6) is 2.47. The van der Waals surface area contributed by atoms with Gasteiger partial charge in [0.2, 0.25) is 0 Å². The molecule has 0 radical (unpaired) electrons. The van der Waals surface area contributed by atoms with E-state index >= 15 is 0 Å². The zero-order chi connectivity index (χ0) is 23.1. The minimum Gasteiger partial charge on any atom is -0.480 e. The molecule has 3 rings (SSSR count). The molecule has 0 N–H and O–H groups in total. The van der Waals surface area contributed by atoms with Crippen LogP contribution in [0.1, 0.15) is 29.8 Å². The number of amides is 1. The lowest BCUT2D eigenvalue weighted by Crippen LogP contribution is -2.28. The molecule has 0 aromatic heterocycles. The number of ether oxygens (including phenoxy) is 2. The van der Waals surface area contributed by atoms with E-state index in [1.165, 1.54) is 11.8 Å². The van der Waals surface area contributed by atoms with Gasteiger partial charge in [0.1, 0.15) is 12.4 Å². The highest BCUT2D eigenvalue weighted by molar-refractivity contribution is 9.10. The fourth-order valence-corrected chi connectivity index (χ4v) is 4.35. The molecule has 2 aromatic carbocycles. The summed E-state index contributed by atoms with van der Waals surface area (Å²) < 4.78 is 11.5. The van der Waals surface area contributed by atoms with E-state index in [9.17, 15) is 9.59 Å². The van der Waals surface area contributed by atoms with Gasteiger partial charge in [-0.25, -0.2) is 9.79 Å². The Morgan fingerprint density at radius 1 is 1.28 bits per heavy atom. The lowest BCUT2D eigenvalue weighted by Gasteiger charge is -2.12. The zero-order valence-corrected chi connectivity index (χ0v) is 20.0. The van der Waals surface area contributed by atoms with Crippen LogP contribution in [0.15, 0.2) is 56.8 Å². The van der Waals surface area contributed by atoms with Crippen molar-refractivity contribution in [2.75, 3.05) is 19.8 Å². The summed E-state index contributed by atoms with van der Waals surface area (Å²) in [7, 11) is 0. The molecule has 6 nitrogen and oxygen atoms in total. The summed E-state index contributed by atoms with van der Waals surface area (Å²) in [5.41, 5.74) is 1.70. The maximum atomic E-state index is 13.0. The highest BCUT2D eigenvalue weighted by Gasteiger charge is 2.32. The molecular formula is C24H21BrN2O4S. The van der Waals surface area contributed by atoms with E-state index in [-0.39, 0.29) is 12.5 Å². The number of hydrogen-bond acceptors (Lipinski definition) is 6. The largest absolute Gasteiger partial charge is 0.480 e. The molecular weight excluding hydrogens is 492 g/mol. The minimum absolute atomic E-state index is 0.128. The molecule has 1 heterocycles. The molecule has 0 aliphatic carbocycles. The average molecular weight is 513 g/mol. The summed E-state index contributed by atoms with van der Waals surface area (Å²) >= 11 is 4.72. The smallest absolute Gasteiger partial charge is 0.338 e. The van der Waals surface area contributed by atoms with Crippen LogP contribution in [0.4, 0.5) is 5.69 Å². The number of thioether (sulfide) groups is 1. The first-order valence-corrected chi connectivity index (χ1v) is 11.5. The Morgan fingerprint density at radius 2 is 2.09 bits per heavy atom. The molecule has 1 aliphatic rings. The van der Waals surface area contributed by atoms with E-state index in [4.69, 9.17) is 15.9 Å². The van der Waals surface area contributed by atoms with Gasteiger partial charge in [0, 0.05) is 16.6 Å². The third-order valence-corrected chi connectivity index (χ3v) is 5.86. The predicted molar refractivity (Wildman–Crippen MR) is 131 cm³/mol. The van der Waals surface area contributed by atoms with E-state index < -0.39 is 5.97 Å². The van der Waals surface area contributed by atoms with Gasteiger partial charge < -0.3 is 9.47 Å². The summed E-state index contributed by atoms with van der Waals surface area (Å²) in [5, 5.41) is 0.533. The molecule has 1 saturated heterocycles. The predicted octanol–water partition coefficient (Wildman–Crippen LogP) is 5.26. The van der Waals surface area contributed by atoms with Gasteiger partial charge >= 0.3 is 5.97 Å². The topological polar surface area (TPSA) is 68.2 Å². The SMILES string of the molecule is C#CCOc1ccc(Br)cc1C=C1SC(=Nc2cccc(C(=O)OCC)c2)N(CC)C1=O. The standard InChI is InChI=1S/C24H21BrN2O4S/c1-4-12-31-20-11-10-18(25)13-17(20)15-21-22(28)27(5-2)24(32-21)26-19-9-7-8-16(14-19)23(29)30-6-3/h1,7-11,13-15H,5-6,12H2,2-3H3. The van der Waals surface area contributed by atoms with Gasteiger partial charge in [-0.15, -0.1) is 6.42 Å². The number of hydrogen-bond donors (Lipinski definition) is 0. The van der Waals surface area contributed by atoms with Crippen molar-refractivity contribution in [1.82, 2.24) is 4.90 Å². The van der Waals surface area contributed by atoms with E-state index in [1.54, 1.807) is 48.2 Å². The number of rotatable bonds is 7. The van der Waals surface area contributed by atoms with Crippen molar-refractivity contribution >= 4 is 56.5 Å². The van der Waals surface area contributed by atoms with Crippen LogP contribution in [0.5, 0.6) is 5.75 Å². The first kappa shape index (κ1) is 23.6. The third-order valence-electron chi connectivity index (χ3n) is 4.36. The molecule has 0 bridgehead atoms. The lowest BCUT2D eigenvalue weighted by molar-refractivity contribution is -0.122. The second kappa shape index (κ2) is 11.0. The average Bonchev–Trinajstić information content (AvgIpc) is 3.07.